The first-order chi connectivity index (χ1) is 16.7. The van der Waals surface area contributed by atoms with Crippen molar-refractivity contribution in [1.29, 1.82) is 0 Å². The number of carbonyl (C=O) groups excluding carboxylic acids is 1. The predicted octanol–water partition coefficient (Wildman–Crippen LogP) is 7.49. The third-order valence-electron chi connectivity index (χ3n) is 6.56. The number of pyridine rings is 1. The lowest BCUT2D eigenvalue weighted by atomic mass is 9.91. The summed E-state index contributed by atoms with van der Waals surface area (Å²) in [7, 11) is 4.12. The van der Waals surface area contributed by atoms with Crippen molar-refractivity contribution in [3.63, 3.8) is 0 Å². The van der Waals surface area contributed by atoms with E-state index in [9.17, 15) is 4.79 Å². The molecule has 1 aliphatic carbocycles. The highest BCUT2D eigenvalue weighted by Gasteiger charge is 2.23. The van der Waals surface area contributed by atoms with Gasteiger partial charge in [0.05, 0.1) is 11.2 Å². The van der Waals surface area contributed by atoms with Gasteiger partial charge in [-0.1, -0.05) is 32.0 Å². The van der Waals surface area contributed by atoms with Gasteiger partial charge in [-0.2, -0.15) is 0 Å². The quantitative estimate of drug-likeness (QED) is 0.273. The number of amides is 2. The van der Waals surface area contributed by atoms with E-state index in [-0.39, 0.29) is 12.1 Å². The van der Waals surface area contributed by atoms with Crippen LogP contribution < -0.4 is 20.9 Å². The van der Waals surface area contributed by atoms with Crippen molar-refractivity contribution in [3.05, 3.63) is 57.0 Å². The number of rotatable bonds is 6. The fourth-order valence-electron chi connectivity index (χ4n) is 4.57. The van der Waals surface area contributed by atoms with Crippen LogP contribution >= 0.6 is 31.9 Å². The number of carbonyl (C=O) groups is 1. The average Bonchev–Trinajstić information content (AvgIpc) is 2.82. The van der Waals surface area contributed by atoms with Crippen molar-refractivity contribution < 1.29 is 4.79 Å². The molecule has 1 saturated carbocycles. The summed E-state index contributed by atoms with van der Waals surface area (Å²) in [6.45, 7) is 4.30. The van der Waals surface area contributed by atoms with Crippen LogP contribution in [-0.4, -0.2) is 37.2 Å². The molecular weight excluding hydrogens is 570 g/mol. The molecule has 0 saturated heterocycles. The Labute approximate surface area is 224 Å². The van der Waals surface area contributed by atoms with Crippen molar-refractivity contribution in [2.24, 2.45) is 0 Å². The number of anilines is 3. The normalized spacial score (nSPS) is 17.9. The summed E-state index contributed by atoms with van der Waals surface area (Å²) in [6, 6.07) is 14.8. The molecule has 2 amide bonds. The van der Waals surface area contributed by atoms with Crippen LogP contribution in [0.2, 0.25) is 0 Å². The van der Waals surface area contributed by atoms with Crippen molar-refractivity contribution in [2.45, 2.75) is 57.5 Å². The van der Waals surface area contributed by atoms with Crippen LogP contribution in [0, 0.1) is 0 Å². The fraction of sp³-hybridized carbons (Fsp3) is 0.407. The second kappa shape index (κ2) is 11.2. The molecule has 35 heavy (non-hydrogen) atoms. The van der Waals surface area contributed by atoms with E-state index in [0.29, 0.717) is 12.0 Å². The third kappa shape index (κ3) is 6.28. The van der Waals surface area contributed by atoms with E-state index in [4.69, 9.17) is 4.98 Å². The maximum absolute atomic E-state index is 12.7. The van der Waals surface area contributed by atoms with Gasteiger partial charge in [-0.25, -0.2) is 9.78 Å². The molecule has 0 bridgehead atoms. The Hall–Kier alpha value is -2.32. The topological polar surface area (TPSA) is 69.3 Å². The zero-order chi connectivity index (χ0) is 25.1. The number of urea groups is 1. The van der Waals surface area contributed by atoms with Crippen LogP contribution in [0.15, 0.2) is 51.4 Å². The highest BCUT2D eigenvalue weighted by atomic mass is 79.9. The molecule has 6 nitrogen and oxygen atoms in total. The van der Waals surface area contributed by atoms with Gasteiger partial charge in [-0.05, 0) is 87.2 Å². The summed E-state index contributed by atoms with van der Waals surface area (Å²) in [6.07, 6.45) is 3.81. The highest BCUT2D eigenvalue weighted by molar-refractivity contribution is 9.11. The first-order valence-electron chi connectivity index (χ1n) is 12.1. The number of hydrogen-bond donors (Lipinski definition) is 3. The Kier molecular flexibility index (Phi) is 8.22. The molecule has 0 spiro atoms. The molecule has 1 fully saturated rings. The molecule has 1 aliphatic rings. The standard InChI is InChI=1S/C27H33Br2N5O/c1-16(2)17-13-21(28)26(22(29)14-17)33-27(35)31-19-11-9-18(10-12-19)30-25-15-24(34(3)4)20-7-5-6-8-23(20)32-25/h5-8,13-16,18-19H,9-12H2,1-4H3,(H,30,32)(H2,31,33,35). The maximum atomic E-state index is 12.7. The van der Waals surface area contributed by atoms with E-state index in [1.807, 2.05) is 12.1 Å². The maximum Gasteiger partial charge on any atom is 0.319 e. The van der Waals surface area contributed by atoms with Gasteiger partial charge in [0, 0.05) is 52.3 Å². The molecule has 2 aromatic carbocycles. The van der Waals surface area contributed by atoms with Gasteiger partial charge in [0.2, 0.25) is 0 Å². The largest absolute Gasteiger partial charge is 0.377 e. The van der Waals surface area contributed by atoms with Crippen LogP contribution in [0.4, 0.5) is 22.0 Å². The Morgan fingerprint density at radius 2 is 1.63 bits per heavy atom. The van der Waals surface area contributed by atoms with Crippen LogP contribution in [0.25, 0.3) is 10.9 Å². The lowest BCUT2D eigenvalue weighted by molar-refractivity contribution is 0.243. The molecule has 0 aliphatic heterocycles. The molecular formula is C27H33Br2N5O. The van der Waals surface area contributed by atoms with Gasteiger partial charge in [0.1, 0.15) is 5.82 Å². The van der Waals surface area contributed by atoms with Gasteiger partial charge in [0.25, 0.3) is 0 Å². The highest BCUT2D eigenvalue weighted by Crippen LogP contribution is 2.35. The first-order valence-corrected chi connectivity index (χ1v) is 13.7. The van der Waals surface area contributed by atoms with Crippen molar-refractivity contribution in [2.75, 3.05) is 29.6 Å². The van der Waals surface area contributed by atoms with E-state index in [2.05, 4.69) is 111 Å². The molecule has 1 aromatic heterocycles. The summed E-state index contributed by atoms with van der Waals surface area (Å²) < 4.78 is 1.75. The summed E-state index contributed by atoms with van der Waals surface area (Å²) in [5.41, 5.74) is 4.11. The molecule has 8 heteroatoms. The van der Waals surface area contributed by atoms with E-state index < -0.39 is 0 Å². The molecule has 186 valence electrons. The first kappa shape index (κ1) is 25.8. The molecule has 3 N–H and O–H groups in total. The molecule has 0 radical (unpaired) electrons. The van der Waals surface area contributed by atoms with Gasteiger partial charge in [-0.15, -0.1) is 0 Å². The van der Waals surface area contributed by atoms with Crippen molar-refractivity contribution >= 4 is 66.0 Å². The van der Waals surface area contributed by atoms with E-state index in [0.717, 1.165) is 62.7 Å². The molecule has 0 atom stereocenters. The number of nitrogens with one attached hydrogen (secondary N) is 3. The Bertz CT molecular complexity index is 1180. The summed E-state index contributed by atoms with van der Waals surface area (Å²) >= 11 is 7.20. The summed E-state index contributed by atoms with van der Waals surface area (Å²) in [5, 5.41) is 10.9. The second-order valence-electron chi connectivity index (χ2n) is 9.74. The molecule has 3 aromatic rings. The van der Waals surface area contributed by atoms with Crippen LogP contribution in [-0.2, 0) is 0 Å². The zero-order valence-electron chi connectivity index (χ0n) is 20.7. The van der Waals surface area contributed by atoms with Gasteiger partial charge >= 0.3 is 6.03 Å². The number of halogens is 2. The Morgan fingerprint density at radius 1 is 1.00 bits per heavy atom. The van der Waals surface area contributed by atoms with Crippen LogP contribution in [0.3, 0.4) is 0 Å². The molecule has 1 heterocycles. The summed E-state index contributed by atoms with van der Waals surface area (Å²) in [4.78, 5) is 19.7. The van der Waals surface area contributed by atoms with E-state index in [1.54, 1.807) is 0 Å². The smallest absolute Gasteiger partial charge is 0.319 e. The van der Waals surface area contributed by atoms with Gasteiger partial charge in [0.15, 0.2) is 0 Å². The lowest BCUT2D eigenvalue weighted by Crippen LogP contribution is -2.42. The minimum Gasteiger partial charge on any atom is -0.377 e. The van der Waals surface area contributed by atoms with E-state index >= 15 is 0 Å². The van der Waals surface area contributed by atoms with E-state index in [1.165, 1.54) is 5.56 Å². The minimum atomic E-state index is -0.174. The zero-order valence-corrected chi connectivity index (χ0v) is 23.8. The van der Waals surface area contributed by atoms with Crippen molar-refractivity contribution in [1.82, 2.24) is 10.3 Å². The van der Waals surface area contributed by atoms with Crippen LogP contribution in [0.1, 0.15) is 51.0 Å². The number of benzene rings is 2. The molecule has 4 rings (SSSR count). The number of fused-ring (bicyclic) bond motifs is 1. The minimum absolute atomic E-state index is 0.155. The SMILES string of the molecule is CC(C)c1cc(Br)c(NC(=O)NC2CCC(Nc3cc(N(C)C)c4ccccc4n3)CC2)c(Br)c1. The van der Waals surface area contributed by atoms with Crippen LogP contribution in [0.5, 0.6) is 0 Å². The third-order valence-corrected chi connectivity index (χ3v) is 7.81. The van der Waals surface area contributed by atoms with Gasteiger partial charge in [-0.3, -0.25) is 0 Å². The van der Waals surface area contributed by atoms with Crippen molar-refractivity contribution in [3.8, 4) is 0 Å². The number of nitrogens with zero attached hydrogens (tertiary/aromatic N) is 2. The summed E-state index contributed by atoms with van der Waals surface area (Å²) in [5.74, 6) is 1.31. The lowest BCUT2D eigenvalue weighted by Gasteiger charge is -2.30. The Morgan fingerprint density at radius 3 is 2.26 bits per heavy atom. The molecule has 0 unspecified atom stereocenters. The predicted molar refractivity (Wildman–Crippen MR) is 154 cm³/mol. The number of hydrogen-bond acceptors (Lipinski definition) is 4. The monoisotopic (exact) mass is 601 g/mol. The second-order valence-corrected chi connectivity index (χ2v) is 11.5. The average molecular weight is 603 g/mol. The number of para-hydroxylation sites is 1. The Balaban J connectivity index is 1.33. The number of aromatic nitrogens is 1. The fourth-order valence-corrected chi connectivity index (χ4v) is 5.99. The van der Waals surface area contributed by atoms with Gasteiger partial charge < -0.3 is 20.9 Å².